The van der Waals surface area contributed by atoms with Crippen LogP contribution in [-0.2, 0) is 6.54 Å². The lowest BCUT2D eigenvalue weighted by molar-refractivity contribution is 0.0691. The van der Waals surface area contributed by atoms with Crippen molar-refractivity contribution in [3.8, 4) is 11.3 Å². The number of aromatic carboxylic acids is 1. The molecule has 3 rings (SSSR count). The first-order valence-corrected chi connectivity index (χ1v) is 5.85. The Kier molecular flexibility index (Phi) is 3.00. The number of carbonyl (C=O) groups is 1. The molecule has 0 radical (unpaired) electrons. The van der Waals surface area contributed by atoms with Gasteiger partial charge in [-0.15, -0.1) is 5.10 Å². The Hall–Kier alpha value is -2.96. The van der Waals surface area contributed by atoms with Crippen molar-refractivity contribution in [3.05, 3.63) is 54.4 Å². The Morgan fingerprint density at radius 2 is 2.25 bits per heavy atom. The normalized spacial score (nSPS) is 10.6. The van der Waals surface area contributed by atoms with Crippen molar-refractivity contribution in [2.75, 3.05) is 0 Å². The van der Waals surface area contributed by atoms with Crippen LogP contribution in [0.2, 0.25) is 0 Å². The summed E-state index contributed by atoms with van der Waals surface area (Å²) in [6.45, 7) is 0.303. The number of carboxylic acid groups (broad SMARTS) is 1. The molecule has 3 aromatic heterocycles. The minimum Gasteiger partial charge on any atom is -0.476 e. The van der Waals surface area contributed by atoms with Crippen molar-refractivity contribution in [2.24, 2.45) is 0 Å². The Balaban J connectivity index is 2.09. The number of furan rings is 1. The number of nitrogens with zero attached hydrogens (tertiary/aromatic N) is 4. The highest BCUT2D eigenvalue weighted by Crippen LogP contribution is 2.22. The van der Waals surface area contributed by atoms with Crippen LogP contribution in [0.4, 0.5) is 0 Å². The molecule has 0 saturated heterocycles. The van der Waals surface area contributed by atoms with E-state index in [1.54, 1.807) is 42.9 Å². The molecule has 3 heterocycles. The number of hydrogen-bond donors (Lipinski definition) is 1. The number of carboxylic acids is 1. The molecular weight excluding hydrogens is 260 g/mol. The van der Waals surface area contributed by atoms with Gasteiger partial charge in [0.1, 0.15) is 18.0 Å². The molecule has 0 unspecified atom stereocenters. The molecule has 0 spiro atoms. The van der Waals surface area contributed by atoms with E-state index in [4.69, 9.17) is 4.42 Å². The molecular formula is C13H10N4O3. The molecule has 0 saturated carbocycles. The lowest BCUT2D eigenvalue weighted by Crippen LogP contribution is -2.05. The molecule has 100 valence electrons. The fraction of sp³-hybridized carbons (Fsp3) is 0.0769. The Labute approximate surface area is 113 Å². The fourth-order valence-electron chi connectivity index (χ4n) is 1.91. The van der Waals surface area contributed by atoms with E-state index in [0.717, 1.165) is 0 Å². The van der Waals surface area contributed by atoms with Gasteiger partial charge in [0, 0.05) is 18.0 Å². The number of hydrogen-bond acceptors (Lipinski definition) is 5. The van der Waals surface area contributed by atoms with Crippen LogP contribution in [0.5, 0.6) is 0 Å². The van der Waals surface area contributed by atoms with Crippen LogP contribution in [0.25, 0.3) is 11.3 Å². The molecule has 3 aromatic rings. The molecule has 7 nitrogen and oxygen atoms in total. The van der Waals surface area contributed by atoms with Gasteiger partial charge in [0.25, 0.3) is 0 Å². The summed E-state index contributed by atoms with van der Waals surface area (Å²) in [5.74, 6) is -0.466. The summed E-state index contributed by atoms with van der Waals surface area (Å²) in [5.41, 5.74) is 0.938. The molecule has 0 aliphatic rings. The number of pyridine rings is 1. The van der Waals surface area contributed by atoms with Crippen LogP contribution < -0.4 is 0 Å². The zero-order chi connectivity index (χ0) is 13.9. The first kappa shape index (κ1) is 12.1. The summed E-state index contributed by atoms with van der Waals surface area (Å²) in [4.78, 5) is 15.2. The zero-order valence-electron chi connectivity index (χ0n) is 10.3. The van der Waals surface area contributed by atoms with Gasteiger partial charge < -0.3 is 9.52 Å². The van der Waals surface area contributed by atoms with E-state index >= 15 is 0 Å². The quantitative estimate of drug-likeness (QED) is 0.775. The highest BCUT2D eigenvalue weighted by atomic mass is 16.4. The molecule has 0 amide bonds. The third-order valence-electron chi connectivity index (χ3n) is 2.76. The molecule has 0 bridgehead atoms. The minimum atomic E-state index is -1.13. The molecule has 0 aliphatic carbocycles. The molecule has 0 aromatic carbocycles. The third kappa shape index (κ3) is 2.16. The maximum atomic E-state index is 11.3. The first-order chi connectivity index (χ1) is 9.75. The minimum absolute atomic E-state index is 0.107. The van der Waals surface area contributed by atoms with E-state index in [-0.39, 0.29) is 5.69 Å². The van der Waals surface area contributed by atoms with Gasteiger partial charge in [-0.25, -0.2) is 9.48 Å². The summed E-state index contributed by atoms with van der Waals surface area (Å²) in [5, 5.41) is 16.8. The molecule has 7 heteroatoms. The fourth-order valence-corrected chi connectivity index (χ4v) is 1.91. The van der Waals surface area contributed by atoms with Crippen molar-refractivity contribution in [3.63, 3.8) is 0 Å². The Morgan fingerprint density at radius 1 is 1.35 bits per heavy atom. The standard InChI is InChI=1S/C13H10N4O3/c18-13(19)11-12(9-3-1-5-14-7-9)17(16-15-11)8-10-4-2-6-20-10/h1-7H,8H2,(H,18,19). The molecule has 0 fully saturated rings. The molecule has 0 aliphatic heterocycles. The highest BCUT2D eigenvalue weighted by molar-refractivity contribution is 5.92. The van der Waals surface area contributed by atoms with Crippen molar-refractivity contribution in [1.29, 1.82) is 0 Å². The summed E-state index contributed by atoms with van der Waals surface area (Å²) in [6, 6.07) is 7.03. The van der Waals surface area contributed by atoms with Gasteiger partial charge in [0.15, 0.2) is 5.69 Å². The third-order valence-corrected chi connectivity index (χ3v) is 2.76. The molecule has 1 N–H and O–H groups in total. The second kappa shape index (κ2) is 4.96. The summed E-state index contributed by atoms with van der Waals surface area (Å²) >= 11 is 0. The maximum Gasteiger partial charge on any atom is 0.358 e. The smallest absolute Gasteiger partial charge is 0.358 e. The lowest BCUT2D eigenvalue weighted by Gasteiger charge is -2.05. The van der Waals surface area contributed by atoms with Crippen molar-refractivity contribution < 1.29 is 14.3 Å². The topological polar surface area (TPSA) is 94.0 Å². The highest BCUT2D eigenvalue weighted by Gasteiger charge is 2.21. The van der Waals surface area contributed by atoms with Gasteiger partial charge in [-0.05, 0) is 24.3 Å². The van der Waals surface area contributed by atoms with E-state index in [1.807, 2.05) is 0 Å². The largest absolute Gasteiger partial charge is 0.476 e. The number of rotatable bonds is 4. The number of aromatic nitrogens is 4. The second-order valence-electron chi connectivity index (χ2n) is 4.07. The van der Waals surface area contributed by atoms with E-state index in [2.05, 4.69) is 15.3 Å². The van der Waals surface area contributed by atoms with Crippen LogP contribution in [0.3, 0.4) is 0 Å². The van der Waals surface area contributed by atoms with Crippen LogP contribution >= 0.6 is 0 Å². The van der Waals surface area contributed by atoms with E-state index < -0.39 is 5.97 Å². The van der Waals surface area contributed by atoms with Crippen molar-refractivity contribution >= 4 is 5.97 Å². The van der Waals surface area contributed by atoms with Crippen molar-refractivity contribution in [1.82, 2.24) is 20.0 Å². The van der Waals surface area contributed by atoms with Crippen molar-refractivity contribution in [2.45, 2.75) is 6.54 Å². The van der Waals surface area contributed by atoms with E-state index in [9.17, 15) is 9.90 Å². The Morgan fingerprint density at radius 3 is 2.90 bits per heavy atom. The zero-order valence-corrected chi connectivity index (χ0v) is 10.3. The van der Waals surface area contributed by atoms with Gasteiger partial charge in [-0.1, -0.05) is 5.21 Å². The maximum absolute atomic E-state index is 11.3. The average molecular weight is 270 g/mol. The first-order valence-electron chi connectivity index (χ1n) is 5.85. The second-order valence-corrected chi connectivity index (χ2v) is 4.07. The average Bonchev–Trinajstić information content (AvgIpc) is 3.09. The van der Waals surface area contributed by atoms with E-state index in [0.29, 0.717) is 23.6 Å². The van der Waals surface area contributed by atoms with Gasteiger partial charge in [-0.3, -0.25) is 4.98 Å². The van der Waals surface area contributed by atoms with Gasteiger partial charge >= 0.3 is 5.97 Å². The summed E-state index contributed by atoms with van der Waals surface area (Å²) in [6.07, 6.45) is 4.74. The summed E-state index contributed by atoms with van der Waals surface area (Å²) < 4.78 is 6.73. The van der Waals surface area contributed by atoms with Gasteiger partial charge in [0.2, 0.25) is 0 Å². The van der Waals surface area contributed by atoms with Gasteiger partial charge in [-0.2, -0.15) is 0 Å². The van der Waals surface area contributed by atoms with E-state index in [1.165, 1.54) is 4.68 Å². The summed E-state index contributed by atoms with van der Waals surface area (Å²) in [7, 11) is 0. The van der Waals surface area contributed by atoms with Crippen LogP contribution in [0.15, 0.2) is 47.3 Å². The van der Waals surface area contributed by atoms with Crippen LogP contribution in [0.1, 0.15) is 16.2 Å². The predicted octanol–water partition coefficient (Wildman–Crippen LogP) is 1.68. The Bertz CT molecular complexity index is 719. The molecule has 20 heavy (non-hydrogen) atoms. The SMILES string of the molecule is O=C(O)c1nnn(Cc2ccco2)c1-c1cccnc1. The van der Waals surface area contributed by atoms with Crippen LogP contribution in [-0.4, -0.2) is 31.1 Å². The van der Waals surface area contributed by atoms with Crippen LogP contribution in [0, 0.1) is 0 Å². The lowest BCUT2D eigenvalue weighted by atomic mass is 10.1. The monoisotopic (exact) mass is 270 g/mol. The molecule has 0 atom stereocenters. The van der Waals surface area contributed by atoms with Gasteiger partial charge in [0.05, 0.1) is 6.26 Å². The predicted molar refractivity (Wildman–Crippen MR) is 68.0 cm³/mol.